The molecule has 0 aliphatic heterocycles. The molecular formula is C17H17FN2O. The lowest BCUT2D eigenvalue weighted by Crippen LogP contribution is -2.10. The highest BCUT2D eigenvalue weighted by atomic mass is 19.1. The molecule has 0 unspecified atom stereocenters. The molecule has 0 aliphatic carbocycles. The molecule has 3 aromatic rings. The van der Waals surface area contributed by atoms with Gasteiger partial charge in [0.1, 0.15) is 11.3 Å². The molecule has 108 valence electrons. The lowest BCUT2D eigenvalue weighted by Gasteiger charge is -2.18. The van der Waals surface area contributed by atoms with Crippen molar-refractivity contribution in [2.75, 3.05) is 5.73 Å². The average Bonchev–Trinajstić information content (AvgIpc) is 2.79. The fourth-order valence-corrected chi connectivity index (χ4v) is 2.21. The zero-order chi connectivity index (χ0) is 15.2. The fraction of sp³-hybridized carbons (Fsp3) is 0.235. The van der Waals surface area contributed by atoms with Gasteiger partial charge in [-0.05, 0) is 41.3 Å². The molecule has 0 amide bonds. The standard InChI is InChI=1S/C17H17FN2O/c1-17(2,3)10-4-7-15-14(8-10)20-16(21-15)12-6-5-11(19)9-13(12)18/h4-9H,19H2,1-3H3. The van der Waals surface area contributed by atoms with Gasteiger partial charge in [0.05, 0.1) is 5.56 Å². The van der Waals surface area contributed by atoms with Crippen molar-refractivity contribution in [2.45, 2.75) is 26.2 Å². The zero-order valence-electron chi connectivity index (χ0n) is 12.3. The van der Waals surface area contributed by atoms with E-state index in [1.807, 2.05) is 18.2 Å². The number of benzene rings is 2. The van der Waals surface area contributed by atoms with Gasteiger partial charge in [-0.25, -0.2) is 9.37 Å². The second kappa shape index (κ2) is 4.58. The van der Waals surface area contributed by atoms with Crippen LogP contribution in [0.4, 0.5) is 10.1 Å². The Kier molecular flexibility index (Phi) is 2.97. The first-order valence-electron chi connectivity index (χ1n) is 6.81. The van der Waals surface area contributed by atoms with Crippen molar-refractivity contribution >= 4 is 16.8 Å². The molecule has 0 spiro atoms. The molecule has 4 heteroatoms. The highest BCUT2D eigenvalue weighted by molar-refractivity contribution is 5.77. The Hall–Kier alpha value is -2.36. The van der Waals surface area contributed by atoms with Crippen LogP contribution in [0.2, 0.25) is 0 Å². The largest absolute Gasteiger partial charge is 0.436 e. The lowest BCUT2D eigenvalue weighted by molar-refractivity contribution is 0.588. The minimum absolute atomic E-state index is 0.0275. The van der Waals surface area contributed by atoms with Crippen molar-refractivity contribution < 1.29 is 8.81 Å². The summed E-state index contributed by atoms with van der Waals surface area (Å²) in [4.78, 5) is 4.40. The maximum atomic E-state index is 14.0. The van der Waals surface area contributed by atoms with Crippen molar-refractivity contribution in [2.24, 2.45) is 0 Å². The Balaban J connectivity index is 2.13. The molecule has 0 radical (unpaired) electrons. The van der Waals surface area contributed by atoms with Crippen LogP contribution < -0.4 is 5.73 Å². The number of nitrogens with two attached hydrogens (primary N) is 1. The van der Waals surface area contributed by atoms with Crippen molar-refractivity contribution in [1.82, 2.24) is 4.98 Å². The van der Waals surface area contributed by atoms with Crippen LogP contribution in [0.15, 0.2) is 40.8 Å². The third-order valence-corrected chi connectivity index (χ3v) is 3.48. The summed E-state index contributed by atoms with van der Waals surface area (Å²) in [6, 6.07) is 10.4. The number of nitrogens with zero attached hydrogens (tertiary/aromatic N) is 1. The number of halogens is 1. The molecule has 0 bridgehead atoms. The van der Waals surface area contributed by atoms with Crippen molar-refractivity contribution in [1.29, 1.82) is 0 Å². The van der Waals surface area contributed by atoms with Crippen LogP contribution in [0.25, 0.3) is 22.6 Å². The van der Waals surface area contributed by atoms with Crippen LogP contribution in [0.3, 0.4) is 0 Å². The zero-order valence-corrected chi connectivity index (χ0v) is 12.3. The van der Waals surface area contributed by atoms with Gasteiger partial charge in [0.15, 0.2) is 5.58 Å². The summed E-state index contributed by atoms with van der Waals surface area (Å²) in [5.41, 5.74) is 8.82. The van der Waals surface area contributed by atoms with Crippen LogP contribution in [-0.2, 0) is 5.41 Å². The Morgan fingerprint density at radius 2 is 1.86 bits per heavy atom. The SMILES string of the molecule is CC(C)(C)c1ccc2oc(-c3ccc(N)cc3F)nc2c1. The van der Waals surface area contributed by atoms with E-state index in [-0.39, 0.29) is 11.3 Å². The van der Waals surface area contributed by atoms with E-state index in [1.165, 1.54) is 6.07 Å². The smallest absolute Gasteiger partial charge is 0.230 e. The fourth-order valence-electron chi connectivity index (χ4n) is 2.21. The molecule has 0 saturated heterocycles. The predicted octanol–water partition coefficient (Wildman–Crippen LogP) is 4.51. The molecule has 1 heterocycles. The van der Waals surface area contributed by atoms with E-state index in [0.717, 1.165) is 11.1 Å². The molecule has 3 rings (SSSR count). The van der Waals surface area contributed by atoms with Crippen molar-refractivity contribution in [3.8, 4) is 11.5 Å². The molecule has 0 saturated carbocycles. The van der Waals surface area contributed by atoms with Crippen LogP contribution in [-0.4, -0.2) is 4.98 Å². The summed E-state index contributed by atoms with van der Waals surface area (Å²) >= 11 is 0. The molecule has 3 nitrogen and oxygen atoms in total. The normalized spacial score (nSPS) is 12.0. The highest BCUT2D eigenvalue weighted by Gasteiger charge is 2.17. The monoisotopic (exact) mass is 284 g/mol. The van der Waals surface area contributed by atoms with Crippen molar-refractivity contribution in [3.63, 3.8) is 0 Å². The Bertz CT molecular complexity index is 815. The number of aromatic nitrogens is 1. The summed E-state index contributed by atoms with van der Waals surface area (Å²) in [5.74, 6) is -0.161. The van der Waals surface area contributed by atoms with E-state index in [1.54, 1.807) is 12.1 Å². The molecular weight excluding hydrogens is 267 g/mol. The first-order chi connectivity index (χ1) is 9.84. The van der Waals surface area contributed by atoms with Gasteiger partial charge in [-0.15, -0.1) is 0 Å². The Morgan fingerprint density at radius 3 is 2.52 bits per heavy atom. The van der Waals surface area contributed by atoms with Gasteiger partial charge in [-0.1, -0.05) is 26.8 Å². The number of hydrogen-bond acceptors (Lipinski definition) is 3. The second-order valence-electron chi connectivity index (χ2n) is 6.19. The van der Waals surface area contributed by atoms with E-state index < -0.39 is 5.82 Å². The summed E-state index contributed by atoms with van der Waals surface area (Å²) in [6.45, 7) is 6.40. The summed E-state index contributed by atoms with van der Waals surface area (Å²) in [7, 11) is 0. The molecule has 0 fully saturated rings. The Labute approximate surface area is 122 Å². The van der Waals surface area contributed by atoms with Crippen LogP contribution >= 0.6 is 0 Å². The topological polar surface area (TPSA) is 52.0 Å². The molecule has 2 N–H and O–H groups in total. The van der Waals surface area contributed by atoms with Crippen LogP contribution in [0, 0.1) is 5.82 Å². The minimum Gasteiger partial charge on any atom is -0.436 e. The van der Waals surface area contributed by atoms with Crippen LogP contribution in [0.5, 0.6) is 0 Å². The summed E-state index contributed by atoms with van der Waals surface area (Å²) in [6.07, 6.45) is 0. The number of rotatable bonds is 1. The number of anilines is 1. The van der Waals surface area contributed by atoms with Gasteiger partial charge in [-0.2, -0.15) is 0 Å². The number of oxazole rings is 1. The second-order valence-corrected chi connectivity index (χ2v) is 6.19. The maximum Gasteiger partial charge on any atom is 0.230 e. The molecule has 0 atom stereocenters. The van der Waals surface area contributed by atoms with Gasteiger partial charge in [0, 0.05) is 5.69 Å². The summed E-state index contributed by atoms with van der Waals surface area (Å²) in [5, 5.41) is 0. The van der Waals surface area contributed by atoms with E-state index in [2.05, 4.69) is 25.8 Å². The third-order valence-electron chi connectivity index (χ3n) is 3.48. The van der Waals surface area contributed by atoms with E-state index >= 15 is 0 Å². The number of hydrogen-bond donors (Lipinski definition) is 1. The van der Waals surface area contributed by atoms with Gasteiger partial charge < -0.3 is 10.2 Å². The molecule has 21 heavy (non-hydrogen) atoms. The van der Waals surface area contributed by atoms with Gasteiger partial charge in [0.2, 0.25) is 5.89 Å². The van der Waals surface area contributed by atoms with Gasteiger partial charge in [-0.3, -0.25) is 0 Å². The Morgan fingerprint density at radius 1 is 1.10 bits per heavy atom. The van der Waals surface area contributed by atoms with Crippen molar-refractivity contribution in [3.05, 3.63) is 47.8 Å². The quantitative estimate of drug-likeness (QED) is 0.669. The minimum atomic E-state index is -0.433. The number of fused-ring (bicyclic) bond motifs is 1. The predicted molar refractivity (Wildman–Crippen MR) is 82.5 cm³/mol. The van der Waals surface area contributed by atoms with Gasteiger partial charge in [0.25, 0.3) is 0 Å². The molecule has 2 aromatic carbocycles. The highest BCUT2D eigenvalue weighted by Crippen LogP contribution is 2.30. The van der Waals surface area contributed by atoms with E-state index in [0.29, 0.717) is 16.8 Å². The van der Waals surface area contributed by atoms with E-state index in [4.69, 9.17) is 10.2 Å². The first-order valence-corrected chi connectivity index (χ1v) is 6.81. The third kappa shape index (κ3) is 2.49. The first kappa shape index (κ1) is 13.6. The number of nitrogen functional groups attached to an aromatic ring is 1. The molecule has 1 aromatic heterocycles. The maximum absolute atomic E-state index is 14.0. The van der Waals surface area contributed by atoms with E-state index in [9.17, 15) is 4.39 Å². The van der Waals surface area contributed by atoms with Crippen LogP contribution in [0.1, 0.15) is 26.3 Å². The van der Waals surface area contributed by atoms with Gasteiger partial charge >= 0.3 is 0 Å². The summed E-state index contributed by atoms with van der Waals surface area (Å²) < 4.78 is 19.6. The molecule has 0 aliphatic rings. The average molecular weight is 284 g/mol. The lowest BCUT2D eigenvalue weighted by atomic mass is 9.87.